The lowest BCUT2D eigenvalue weighted by molar-refractivity contribution is 0.181. The number of amides is 2. The Balaban J connectivity index is 1.54. The standard InChI is InChI=1S/C29H46N8O/c1-6-18-36(19-7-2)21-9-8-20-34(4)29(38)35(5)26-12-10-25(11-13-26)22-37(23-27-30-14-15-31-27)24(3)28-32-16-17-33-28/h10-17,24H,6-9,18-23H2,1-5H3,(H,30,31)(H,32,33). The zero-order valence-corrected chi connectivity index (χ0v) is 23.9. The lowest BCUT2D eigenvalue weighted by Crippen LogP contribution is -2.39. The van der Waals surface area contributed by atoms with Gasteiger partial charge in [0.1, 0.15) is 11.6 Å². The maximum atomic E-state index is 13.0. The third-order valence-corrected chi connectivity index (χ3v) is 6.99. The molecule has 0 fully saturated rings. The Kier molecular flexibility index (Phi) is 11.8. The van der Waals surface area contributed by atoms with Gasteiger partial charge in [-0.1, -0.05) is 26.0 Å². The zero-order valence-electron chi connectivity index (χ0n) is 23.9. The smallest absolute Gasteiger partial charge is 0.323 e. The Morgan fingerprint density at radius 1 is 0.868 bits per heavy atom. The van der Waals surface area contributed by atoms with Crippen LogP contribution in [-0.4, -0.2) is 80.9 Å². The summed E-state index contributed by atoms with van der Waals surface area (Å²) in [5.74, 6) is 1.84. The first-order chi connectivity index (χ1) is 18.4. The number of hydrogen-bond donors (Lipinski definition) is 2. The highest BCUT2D eigenvalue weighted by Gasteiger charge is 2.20. The summed E-state index contributed by atoms with van der Waals surface area (Å²) in [6.45, 7) is 12.2. The van der Waals surface area contributed by atoms with Crippen LogP contribution in [0.25, 0.3) is 0 Å². The predicted octanol–water partition coefficient (Wildman–Crippen LogP) is 5.29. The molecular formula is C29H46N8O. The van der Waals surface area contributed by atoms with Crippen LogP contribution in [0.4, 0.5) is 10.5 Å². The fraction of sp³-hybridized carbons (Fsp3) is 0.552. The number of anilines is 1. The number of unbranched alkanes of at least 4 members (excludes halogenated alkanes) is 1. The van der Waals surface area contributed by atoms with Crippen LogP contribution in [-0.2, 0) is 13.1 Å². The minimum atomic E-state index is 0.0163. The van der Waals surface area contributed by atoms with E-state index in [1.54, 1.807) is 17.3 Å². The highest BCUT2D eigenvalue weighted by Crippen LogP contribution is 2.23. The van der Waals surface area contributed by atoms with Gasteiger partial charge in [-0.3, -0.25) is 9.80 Å². The Hall–Kier alpha value is -3.17. The lowest BCUT2D eigenvalue weighted by Gasteiger charge is -2.28. The molecule has 1 unspecified atom stereocenters. The largest absolute Gasteiger partial charge is 0.348 e. The van der Waals surface area contributed by atoms with E-state index in [1.807, 2.05) is 43.5 Å². The fourth-order valence-corrected chi connectivity index (χ4v) is 4.76. The zero-order chi connectivity index (χ0) is 27.3. The average Bonchev–Trinajstić information content (AvgIpc) is 3.65. The number of benzene rings is 1. The summed E-state index contributed by atoms with van der Waals surface area (Å²) in [6.07, 6.45) is 11.8. The molecular weight excluding hydrogens is 476 g/mol. The predicted molar refractivity (Wildman–Crippen MR) is 154 cm³/mol. The average molecular weight is 523 g/mol. The first kappa shape index (κ1) is 29.4. The summed E-state index contributed by atoms with van der Waals surface area (Å²) in [6, 6.07) is 8.35. The van der Waals surface area contributed by atoms with E-state index in [4.69, 9.17) is 0 Å². The molecule has 9 heteroatoms. The molecule has 3 aromatic rings. The number of urea groups is 1. The number of nitrogens with zero attached hydrogens (tertiary/aromatic N) is 6. The summed E-state index contributed by atoms with van der Waals surface area (Å²) in [7, 11) is 3.74. The lowest BCUT2D eigenvalue weighted by atomic mass is 10.1. The van der Waals surface area contributed by atoms with Crippen molar-refractivity contribution in [2.24, 2.45) is 0 Å². The number of carbonyl (C=O) groups is 1. The van der Waals surface area contributed by atoms with E-state index in [0.29, 0.717) is 6.54 Å². The maximum absolute atomic E-state index is 13.0. The fourth-order valence-electron chi connectivity index (χ4n) is 4.76. The molecule has 3 rings (SSSR count). The number of hydrogen-bond acceptors (Lipinski definition) is 5. The SMILES string of the molecule is CCCN(CCC)CCCCN(C)C(=O)N(C)c1ccc(CN(Cc2ncc[nH]2)C(C)c2ncc[nH]2)cc1. The van der Waals surface area contributed by atoms with E-state index < -0.39 is 0 Å². The van der Waals surface area contributed by atoms with Crippen LogP contribution in [0, 0.1) is 0 Å². The van der Waals surface area contributed by atoms with Crippen molar-refractivity contribution in [3.05, 3.63) is 66.3 Å². The number of H-pyrrole nitrogens is 2. The van der Waals surface area contributed by atoms with Gasteiger partial charge in [0.05, 0.1) is 12.6 Å². The van der Waals surface area contributed by atoms with Gasteiger partial charge in [0, 0.05) is 57.7 Å². The molecule has 38 heavy (non-hydrogen) atoms. The summed E-state index contributed by atoms with van der Waals surface area (Å²) in [5.41, 5.74) is 2.05. The van der Waals surface area contributed by atoms with Crippen LogP contribution in [0.2, 0.25) is 0 Å². The van der Waals surface area contributed by atoms with Gasteiger partial charge >= 0.3 is 6.03 Å². The molecule has 1 atom stereocenters. The molecule has 208 valence electrons. The van der Waals surface area contributed by atoms with Crippen molar-refractivity contribution in [1.29, 1.82) is 0 Å². The monoisotopic (exact) mass is 522 g/mol. The molecule has 0 aliphatic carbocycles. The van der Waals surface area contributed by atoms with E-state index in [9.17, 15) is 4.79 Å². The Morgan fingerprint density at radius 2 is 1.53 bits per heavy atom. The molecule has 1 aromatic carbocycles. The molecule has 9 nitrogen and oxygen atoms in total. The number of aromatic amines is 2. The third-order valence-electron chi connectivity index (χ3n) is 6.99. The van der Waals surface area contributed by atoms with E-state index in [-0.39, 0.29) is 12.1 Å². The normalized spacial score (nSPS) is 12.3. The number of imidazole rings is 2. The number of nitrogens with one attached hydrogen (secondary N) is 2. The van der Waals surface area contributed by atoms with Crippen molar-refractivity contribution in [2.45, 2.75) is 65.6 Å². The van der Waals surface area contributed by atoms with Gasteiger partial charge in [0.2, 0.25) is 0 Å². The molecule has 2 N–H and O–H groups in total. The molecule has 2 amide bonds. The van der Waals surface area contributed by atoms with Crippen molar-refractivity contribution in [2.75, 3.05) is 45.2 Å². The second-order valence-corrected chi connectivity index (χ2v) is 10.1. The van der Waals surface area contributed by atoms with Gasteiger partial charge in [-0.05, 0) is 69.9 Å². The van der Waals surface area contributed by atoms with Crippen LogP contribution in [0.15, 0.2) is 49.1 Å². The van der Waals surface area contributed by atoms with Crippen LogP contribution in [0.3, 0.4) is 0 Å². The molecule has 0 saturated heterocycles. The van der Waals surface area contributed by atoms with E-state index in [2.05, 4.69) is 62.6 Å². The van der Waals surface area contributed by atoms with Crippen molar-refractivity contribution in [3.8, 4) is 0 Å². The molecule has 0 saturated carbocycles. The summed E-state index contributed by atoms with van der Waals surface area (Å²) < 4.78 is 0. The Labute approximate surface area is 228 Å². The Bertz CT molecular complexity index is 1030. The topological polar surface area (TPSA) is 87.4 Å². The van der Waals surface area contributed by atoms with Gasteiger partial charge in [0.25, 0.3) is 0 Å². The van der Waals surface area contributed by atoms with Crippen LogP contribution in [0.1, 0.15) is 69.7 Å². The molecule has 0 spiro atoms. The number of aromatic nitrogens is 4. The highest BCUT2D eigenvalue weighted by atomic mass is 16.2. The van der Waals surface area contributed by atoms with Gasteiger partial charge in [0.15, 0.2) is 0 Å². The van der Waals surface area contributed by atoms with Crippen LogP contribution >= 0.6 is 0 Å². The quantitative estimate of drug-likeness (QED) is 0.250. The highest BCUT2D eigenvalue weighted by molar-refractivity contribution is 5.91. The second kappa shape index (κ2) is 15.3. The van der Waals surface area contributed by atoms with Crippen molar-refractivity contribution >= 4 is 11.7 Å². The minimum absolute atomic E-state index is 0.0163. The molecule has 0 aliphatic heterocycles. The molecule has 0 aliphatic rings. The van der Waals surface area contributed by atoms with E-state index in [1.165, 1.54) is 12.8 Å². The summed E-state index contributed by atoms with van der Waals surface area (Å²) >= 11 is 0. The van der Waals surface area contributed by atoms with Crippen LogP contribution < -0.4 is 4.90 Å². The first-order valence-electron chi connectivity index (χ1n) is 13.9. The molecule has 0 radical (unpaired) electrons. The minimum Gasteiger partial charge on any atom is -0.348 e. The van der Waals surface area contributed by atoms with Gasteiger partial charge in [-0.15, -0.1) is 0 Å². The second-order valence-electron chi connectivity index (χ2n) is 10.1. The maximum Gasteiger partial charge on any atom is 0.323 e. The van der Waals surface area contributed by atoms with Crippen molar-refractivity contribution < 1.29 is 4.79 Å². The summed E-state index contributed by atoms with van der Waals surface area (Å²) in [5, 5.41) is 0. The van der Waals surface area contributed by atoms with E-state index in [0.717, 1.165) is 68.5 Å². The van der Waals surface area contributed by atoms with Crippen LogP contribution in [0.5, 0.6) is 0 Å². The Morgan fingerprint density at radius 3 is 2.13 bits per heavy atom. The molecule has 0 bridgehead atoms. The van der Waals surface area contributed by atoms with Gasteiger partial charge < -0.3 is 19.8 Å². The van der Waals surface area contributed by atoms with E-state index >= 15 is 0 Å². The van der Waals surface area contributed by atoms with Crippen molar-refractivity contribution in [3.63, 3.8) is 0 Å². The van der Waals surface area contributed by atoms with Gasteiger partial charge in [-0.2, -0.15) is 0 Å². The molecule has 2 aromatic heterocycles. The first-order valence-corrected chi connectivity index (χ1v) is 13.9. The third kappa shape index (κ3) is 8.70. The summed E-state index contributed by atoms with van der Waals surface area (Å²) in [4.78, 5) is 36.7. The number of carbonyl (C=O) groups excluding carboxylic acids is 1. The van der Waals surface area contributed by atoms with Crippen molar-refractivity contribution in [1.82, 2.24) is 34.6 Å². The number of rotatable bonds is 16. The van der Waals surface area contributed by atoms with Gasteiger partial charge in [-0.25, -0.2) is 14.8 Å². The molecule has 2 heterocycles.